The van der Waals surface area contributed by atoms with Gasteiger partial charge in [0.2, 0.25) is 0 Å². The first kappa shape index (κ1) is 18.8. The topological polar surface area (TPSA) is 106 Å². The van der Waals surface area contributed by atoms with E-state index in [2.05, 4.69) is 15.3 Å². The highest BCUT2D eigenvalue weighted by Gasteiger charge is 2.23. The van der Waals surface area contributed by atoms with Crippen LogP contribution in [0.5, 0.6) is 0 Å². The quantitative estimate of drug-likeness (QED) is 0.468. The maximum atomic E-state index is 13.4. The van der Waals surface area contributed by atoms with Gasteiger partial charge in [0, 0.05) is 13.7 Å². The molecule has 0 amide bonds. The van der Waals surface area contributed by atoms with Gasteiger partial charge in [-0.25, -0.2) is 9.78 Å². The Morgan fingerprint density at radius 3 is 2.69 bits per heavy atom. The molecule has 0 aliphatic rings. The van der Waals surface area contributed by atoms with Crippen LogP contribution in [-0.4, -0.2) is 55.7 Å². The minimum Gasteiger partial charge on any atom is -0.464 e. The maximum Gasteiger partial charge on any atom is 0.360 e. The smallest absolute Gasteiger partial charge is 0.360 e. The molecule has 4 rings (SSSR count). The summed E-state index contributed by atoms with van der Waals surface area (Å²) in [5.74, 6) is -0.306. The number of ether oxygens (including phenoxy) is 2. The SMILES string of the molecule is COCCn1c(=O)c2c(-n3nnc(C(=O)OC)c3C)ncn2c2ccc(C)cc21. The molecule has 150 valence electrons. The fourth-order valence-corrected chi connectivity index (χ4v) is 3.39. The molecule has 3 heterocycles. The number of fused-ring (bicyclic) bond motifs is 3. The fourth-order valence-electron chi connectivity index (χ4n) is 3.39. The largest absolute Gasteiger partial charge is 0.464 e. The second-order valence-corrected chi connectivity index (χ2v) is 6.66. The summed E-state index contributed by atoms with van der Waals surface area (Å²) in [5.41, 5.74) is 3.26. The molecule has 0 aliphatic heterocycles. The molecule has 0 saturated carbocycles. The molecule has 0 saturated heterocycles. The summed E-state index contributed by atoms with van der Waals surface area (Å²) in [7, 11) is 2.86. The van der Waals surface area contributed by atoms with Gasteiger partial charge < -0.3 is 14.0 Å². The Balaban J connectivity index is 2.04. The number of esters is 1. The lowest BCUT2D eigenvalue weighted by molar-refractivity contribution is 0.0593. The molecule has 10 nitrogen and oxygen atoms in total. The zero-order valence-corrected chi connectivity index (χ0v) is 16.5. The predicted molar refractivity (Wildman–Crippen MR) is 105 cm³/mol. The van der Waals surface area contributed by atoms with Crippen LogP contribution in [-0.2, 0) is 16.0 Å². The van der Waals surface area contributed by atoms with Crippen molar-refractivity contribution < 1.29 is 14.3 Å². The van der Waals surface area contributed by atoms with Crippen molar-refractivity contribution in [1.82, 2.24) is 28.9 Å². The zero-order chi connectivity index (χ0) is 20.7. The lowest BCUT2D eigenvalue weighted by Crippen LogP contribution is -2.25. The van der Waals surface area contributed by atoms with E-state index in [0.29, 0.717) is 30.2 Å². The summed E-state index contributed by atoms with van der Waals surface area (Å²) >= 11 is 0. The normalized spacial score (nSPS) is 11.4. The third kappa shape index (κ3) is 2.88. The summed E-state index contributed by atoms with van der Waals surface area (Å²) in [6.07, 6.45) is 1.57. The van der Waals surface area contributed by atoms with Crippen molar-refractivity contribution in [1.29, 1.82) is 0 Å². The number of hydrogen-bond donors (Lipinski definition) is 0. The second kappa shape index (κ2) is 7.13. The van der Waals surface area contributed by atoms with Crippen molar-refractivity contribution in [2.24, 2.45) is 0 Å². The van der Waals surface area contributed by atoms with Crippen molar-refractivity contribution >= 4 is 22.5 Å². The van der Waals surface area contributed by atoms with Gasteiger partial charge in [0.05, 0.1) is 30.4 Å². The van der Waals surface area contributed by atoms with Crippen molar-refractivity contribution in [3.05, 3.63) is 51.8 Å². The Morgan fingerprint density at radius 2 is 1.97 bits per heavy atom. The van der Waals surface area contributed by atoms with Crippen molar-refractivity contribution in [3.8, 4) is 5.82 Å². The van der Waals surface area contributed by atoms with Crippen LogP contribution < -0.4 is 5.56 Å². The average molecular weight is 396 g/mol. The molecule has 10 heteroatoms. The van der Waals surface area contributed by atoms with E-state index in [1.807, 2.05) is 25.1 Å². The molecule has 0 atom stereocenters. The number of hydrogen-bond acceptors (Lipinski definition) is 7. The van der Waals surface area contributed by atoms with Crippen LogP contribution in [0.2, 0.25) is 0 Å². The van der Waals surface area contributed by atoms with E-state index in [1.54, 1.807) is 29.3 Å². The van der Waals surface area contributed by atoms with Crippen LogP contribution in [0.4, 0.5) is 0 Å². The molecule has 0 aliphatic carbocycles. The number of carbonyl (C=O) groups is 1. The Labute approximate surface area is 165 Å². The number of nitrogens with zero attached hydrogens (tertiary/aromatic N) is 6. The first-order valence-corrected chi connectivity index (χ1v) is 8.98. The first-order valence-electron chi connectivity index (χ1n) is 8.98. The molecule has 0 radical (unpaired) electrons. The summed E-state index contributed by atoms with van der Waals surface area (Å²) in [4.78, 5) is 29.7. The Morgan fingerprint density at radius 1 is 1.17 bits per heavy atom. The molecule has 0 unspecified atom stereocenters. The van der Waals surface area contributed by atoms with Gasteiger partial charge >= 0.3 is 5.97 Å². The summed E-state index contributed by atoms with van der Waals surface area (Å²) in [6.45, 7) is 4.42. The van der Waals surface area contributed by atoms with Crippen molar-refractivity contribution in [3.63, 3.8) is 0 Å². The average Bonchev–Trinajstić information content (AvgIpc) is 3.31. The van der Waals surface area contributed by atoms with Crippen LogP contribution in [0.3, 0.4) is 0 Å². The van der Waals surface area contributed by atoms with Gasteiger partial charge in [-0.15, -0.1) is 5.10 Å². The molecule has 0 spiro atoms. The molecular weight excluding hydrogens is 376 g/mol. The number of carbonyl (C=O) groups excluding carboxylic acids is 1. The molecule has 29 heavy (non-hydrogen) atoms. The van der Waals surface area contributed by atoms with Crippen LogP contribution in [0.25, 0.3) is 22.4 Å². The molecule has 3 aromatic heterocycles. The number of rotatable bonds is 5. The lowest BCUT2D eigenvalue weighted by Gasteiger charge is -2.13. The summed E-state index contributed by atoms with van der Waals surface area (Å²) in [5, 5.41) is 7.91. The van der Waals surface area contributed by atoms with E-state index in [0.717, 1.165) is 16.6 Å². The molecule has 0 bridgehead atoms. The van der Waals surface area contributed by atoms with E-state index in [-0.39, 0.29) is 11.3 Å². The highest BCUT2D eigenvalue weighted by atomic mass is 16.5. The zero-order valence-electron chi connectivity index (χ0n) is 16.5. The number of aryl methyl sites for hydroxylation is 1. The van der Waals surface area contributed by atoms with Gasteiger partial charge in [-0.05, 0) is 31.5 Å². The molecule has 0 N–H and O–H groups in total. The van der Waals surface area contributed by atoms with E-state index < -0.39 is 5.97 Å². The Hall–Kier alpha value is -3.53. The van der Waals surface area contributed by atoms with Crippen molar-refractivity contribution in [2.45, 2.75) is 20.4 Å². The van der Waals surface area contributed by atoms with Crippen LogP contribution in [0.15, 0.2) is 29.3 Å². The minimum atomic E-state index is -0.601. The van der Waals surface area contributed by atoms with E-state index in [9.17, 15) is 9.59 Å². The second-order valence-electron chi connectivity index (χ2n) is 6.66. The van der Waals surface area contributed by atoms with Gasteiger partial charge in [-0.1, -0.05) is 11.3 Å². The van der Waals surface area contributed by atoms with Crippen molar-refractivity contribution in [2.75, 3.05) is 20.8 Å². The molecule has 1 aromatic carbocycles. The standard InChI is InChI=1S/C19H20N6O4/c1-11-5-6-13-14(9-11)23(7-8-28-3)18(26)16-17(20-10-24(13)16)25-12(2)15(21-22-25)19(27)29-4/h5-6,9-10H,7-8H2,1-4H3. The molecule has 4 aromatic rings. The first-order chi connectivity index (χ1) is 14.0. The molecular formula is C19H20N6O4. The van der Waals surface area contributed by atoms with Gasteiger partial charge in [-0.3, -0.25) is 9.20 Å². The monoisotopic (exact) mass is 396 g/mol. The maximum absolute atomic E-state index is 13.4. The third-order valence-electron chi connectivity index (χ3n) is 4.87. The van der Waals surface area contributed by atoms with Crippen LogP contribution in [0, 0.1) is 13.8 Å². The van der Waals surface area contributed by atoms with Crippen LogP contribution in [0.1, 0.15) is 21.7 Å². The third-order valence-corrected chi connectivity index (χ3v) is 4.87. The van der Waals surface area contributed by atoms with Gasteiger partial charge in [-0.2, -0.15) is 4.68 Å². The number of benzene rings is 1. The predicted octanol–water partition coefficient (Wildman–Crippen LogP) is 1.28. The number of aromatic nitrogens is 6. The van der Waals surface area contributed by atoms with Gasteiger partial charge in [0.25, 0.3) is 5.56 Å². The minimum absolute atomic E-state index is 0.0739. The molecule has 0 fully saturated rings. The summed E-state index contributed by atoms with van der Waals surface area (Å²) in [6, 6.07) is 5.88. The number of imidazole rings is 1. The summed E-state index contributed by atoms with van der Waals surface area (Å²) < 4.78 is 14.7. The highest BCUT2D eigenvalue weighted by molar-refractivity contribution is 5.88. The Bertz CT molecular complexity index is 1300. The van der Waals surface area contributed by atoms with Crippen LogP contribution >= 0.6 is 0 Å². The number of methoxy groups -OCH3 is 2. The van der Waals surface area contributed by atoms with Gasteiger partial charge in [0.15, 0.2) is 17.0 Å². The van der Waals surface area contributed by atoms with E-state index in [1.165, 1.54) is 11.8 Å². The van der Waals surface area contributed by atoms with E-state index >= 15 is 0 Å². The Kier molecular flexibility index (Phi) is 4.63. The lowest BCUT2D eigenvalue weighted by atomic mass is 10.2. The van der Waals surface area contributed by atoms with Gasteiger partial charge in [0.1, 0.15) is 6.33 Å². The highest BCUT2D eigenvalue weighted by Crippen LogP contribution is 2.21. The fraction of sp³-hybridized carbons (Fsp3) is 0.316. The van der Waals surface area contributed by atoms with E-state index in [4.69, 9.17) is 9.47 Å².